The number of aromatic amines is 1. The number of nitrogens with zero attached hydrogens (tertiary/aromatic N) is 2. The molecular weight excluding hydrogens is 354 g/mol. The van der Waals surface area contributed by atoms with Gasteiger partial charge >= 0.3 is 5.97 Å². The molecule has 0 aliphatic heterocycles. The Morgan fingerprint density at radius 1 is 1.04 bits per heavy atom. The predicted octanol–water partition coefficient (Wildman–Crippen LogP) is 3.51. The van der Waals surface area contributed by atoms with Gasteiger partial charge in [-0.3, -0.25) is 4.79 Å². The van der Waals surface area contributed by atoms with E-state index in [1.807, 2.05) is 44.2 Å². The highest BCUT2D eigenvalue weighted by molar-refractivity contribution is 5.91. The van der Waals surface area contributed by atoms with Gasteiger partial charge in [-0.05, 0) is 31.5 Å². The van der Waals surface area contributed by atoms with Crippen LogP contribution >= 0.6 is 0 Å². The summed E-state index contributed by atoms with van der Waals surface area (Å²) < 4.78 is 5.16. The maximum atomic E-state index is 12.2. The Hall–Kier alpha value is -3.41. The fourth-order valence-corrected chi connectivity index (χ4v) is 2.71. The standard InChI is InChI=1S/C22H23N3O3/c1-15-16(2)24-21(23-15)18-9-11-19(12-10-18)22(27)28-14-20(26)25(3)13-17-7-5-4-6-8-17/h4-12H,13-14H2,1-3H3,(H,23,24). The zero-order chi connectivity index (χ0) is 20.1. The normalized spacial score (nSPS) is 10.5. The fourth-order valence-electron chi connectivity index (χ4n) is 2.71. The summed E-state index contributed by atoms with van der Waals surface area (Å²) in [6, 6.07) is 16.6. The topological polar surface area (TPSA) is 75.3 Å². The van der Waals surface area contributed by atoms with Gasteiger partial charge in [0.15, 0.2) is 6.61 Å². The molecule has 1 N–H and O–H groups in total. The highest BCUT2D eigenvalue weighted by Gasteiger charge is 2.14. The summed E-state index contributed by atoms with van der Waals surface area (Å²) in [7, 11) is 1.69. The van der Waals surface area contributed by atoms with E-state index in [1.54, 1.807) is 31.3 Å². The quantitative estimate of drug-likeness (QED) is 0.667. The molecule has 0 unspecified atom stereocenters. The Morgan fingerprint density at radius 3 is 2.32 bits per heavy atom. The minimum absolute atomic E-state index is 0.254. The molecule has 144 valence electrons. The zero-order valence-electron chi connectivity index (χ0n) is 16.2. The molecule has 0 spiro atoms. The molecule has 1 aromatic heterocycles. The lowest BCUT2D eigenvalue weighted by Gasteiger charge is -2.17. The number of hydrogen-bond donors (Lipinski definition) is 1. The lowest BCUT2D eigenvalue weighted by Crippen LogP contribution is -2.30. The average Bonchev–Trinajstić information content (AvgIpc) is 3.05. The number of rotatable bonds is 6. The molecule has 6 nitrogen and oxygen atoms in total. The summed E-state index contributed by atoms with van der Waals surface area (Å²) in [5.74, 6) is -0.0252. The Labute approximate surface area is 164 Å². The van der Waals surface area contributed by atoms with Gasteiger partial charge in [-0.15, -0.1) is 0 Å². The van der Waals surface area contributed by atoms with Gasteiger partial charge < -0.3 is 14.6 Å². The van der Waals surface area contributed by atoms with Gasteiger partial charge in [0.1, 0.15) is 5.82 Å². The third-order valence-corrected chi connectivity index (χ3v) is 4.54. The number of carbonyl (C=O) groups excluding carboxylic acids is 2. The van der Waals surface area contributed by atoms with Gasteiger partial charge in [0.2, 0.25) is 0 Å². The first-order valence-electron chi connectivity index (χ1n) is 9.02. The molecule has 1 amide bonds. The number of H-pyrrole nitrogens is 1. The van der Waals surface area contributed by atoms with Crippen molar-refractivity contribution >= 4 is 11.9 Å². The summed E-state index contributed by atoms with van der Waals surface area (Å²) in [5.41, 5.74) is 4.24. The van der Waals surface area contributed by atoms with Crippen LogP contribution in [-0.4, -0.2) is 40.4 Å². The van der Waals surface area contributed by atoms with Gasteiger partial charge in [-0.1, -0.05) is 42.5 Å². The van der Waals surface area contributed by atoms with Crippen molar-refractivity contribution in [2.75, 3.05) is 13.7 Å². The second-order valence-electron chi connectivity index (χ2n) is 6.68. The van der Waals surface area contributed by atoms with E-state index in [0.29, 0.717) is 12.1 Å². The van der Waals surface area contributed by atoms with Crippen molar-refractivity contribution in [2.45, 2.75) is 20.4 Å². The Kier molecular flexibility index (Phi) is 5.89. The molecule has 6 heteroatoms. The van der Waals surface area contributed by atoms with Crippen molar-refractivity contribution < 1.29 is 14.3 Å². The first kappa shape index (κ1) is 19.4. The lowest BCUT2D eigenvalue weighted by atomic mass is 10.1. The number of benzene rings is 2. The second kappa shape index (κ2) is 8.52. The molecular formula is C22H23N3O3. The van der Waals surface area contributed by atoms with Crippen LogP contribution in [0.15, 0.2) is 54.6 Å². The third-order valence-electron chi connectivity index (χ3n) is 4.54. The molecule has 0 atom stereocenters. The number of imidazole rings is 1. The molecule has 0 radical (unpaired) electrons. The number of hydrogen-bond acceptors (Lipinski definition) is 4. The van der Waals surface area contributed by atoms with Crippen LogP contribution < -0.4 is 0 Å². The summed E-state index contributed by atoms with van der Waals surface area (Å²) in [6.45, 7) is 4.07. The Balaban J connectivity index is 1.55. The first-order chi connectivity index (χ1) is 13.4. The third kappa shape index (κ3) is 4.65. The predicted molar refractivity (Wildman–Crippen MR) is 107 cm³/mol. The number of esters is 1. The van der Waals surface area contributed by atoms with E-state index in [4.69, 9.17) is 4.74 Å². The summed E-state index contributed by atoms with van der Waals surface area (Å²) >= 11 is 0. The number of aryl methyl sites for hydroxylation is 2. The minimum Gasteiger partial charge on any atom is -0.452 e. The summed E-state index contributed by atoms with van der Waals surface area (Å²) in [6.07, 6.45) is 0. The average molecular weight is 377 g/mol. The van der Waals surface area contributed by atoms with Crippen molar-refractivity contribution in [3.63, 3.8) is 0 Å². The fraction of sp³-hybridized carbons (Fsp3) is 0.227. The van der Waals surface area contributed by atoms with Crippen LogP contribution in [0.5, 0.6) is 0 Å². The molecule has 3 rings (SSSR count). The number of carbonyl (C=O) groups is 2. The summed E-state index contributed by atoms with van der Waals surface area (Å²) in [4.78, 5) is 33.6. The van der Waals surface area contributed by atoms with Gasteiger partial charge in [0, 0.05) is 24.8 Å². The van der Waals surface area contributed by atoms with E-state index in [9.17, 15) is 9.59 Å². The molecule has 1 heterocycles. The molecule has 2 aromatic carbocycles. The SMILES string of the molecule is Cc1nc(-c2ccc(C(=O)OCC(=O)N(C)Cc3ccccc3)cc2)[nH]c1C. The van der Waals surface area contributed by atoms with Crippen LogP contribution in [0.1, 0.15) is 27.3 Å². The number of likely N-dealkylation sites (N-methyl/N-ethyl adjacent to an activating group) is 1. The van der Waals surface area contributed by atoms with Crippen LogP contribution in [0.3, 0.4) is 0 Å². The molecule has 0 bridgehead atoms. The van der Waals surface area contributed by atoms with E-state index < -0.39 is 5.97 Å². The van der Waals surface area contributed by atoms with E-state index >= 15 is 0 Å². The first-order valence-corrected chi connectivity index (χ1v) is 9.02. The van der Waals surface area contributed by atoms with Gasteiger partial charge in [0.05, 0.1) is 11.3 Å². The molecule has 0 saturated carbocycles. The Bertz CT molecular complexity index is 943. The van der Waals surface area contributed by atoms with E-state index in [1.165, 1.54) is 4.90 Å². The molecule has 3 aromatic rings. The van der Waals surface area contributed by atoms with Crippen molar-refractivity contribution in [3.8, 4) is 11.4 Å². The smallest absolute Gasteiger partial charge is 0.338 e. The molecule has 28 heavy (non-hydrogen) atoms. The highest BCUT2D eigenvalue weighted by Crippen LogP contribution is 2.18. The maximum Gasteiger partial charge on any atom is 0.338 e. The molecule has 0 fully saturated rings. The Morgan fingerprint density at radius 2 is 1.71 bits per heavy atom. The van der Waals surface area contributed by atoms with Gasteiger partial charge in [0.25, 0.3) is 5.91 Å². The second-order valence-corrected chi connectivity index (χ2v) is 6.68. The van der Waals surface area contributed by atoms with Crippen LogP contribution in [0.25, 0.3) is 11.4 Å². The summed E-state index contributed by atoms with van der Waals surface area (Å²) in [5, 5.41) is 0. The molecule has 0 saturated heterocycles. The van der Waals surface area contributed by atoms with E-state index in [0.717, 1.165) is 28.3 Å². The number of amides is 1. The van der Waals surface area contributed by atoms with E-state index in [2.05, 4.69) is 9.97 Å². The highest BCUT2D eigenvalue weighted by atomic mass is 16.5. The number of aromatic nitrogens is 2. The minimum atomic E-state index is -0.528. The molecule has 0 aliphatic carbocycles. The number of nitrogens with one attached hydrogen (secondary N) is 1. The number of ether oxygens (including phenoxy) is 1. The van der Waals surface area contributed by atoms with Crippen molar-refractivity contribution in [1.82, 2.24) is 14.9 Å². The van der Waals surface area contributed by atoms with Gasteiger partial charge in [-0.25, -0.2) is 9.78 Å². The maximum absolute atomic E-state index is 12.2. The molecule has 0 aliphatic rings. The van der Waals surface area contributed by atoms with Crippen LogP contribution in [-0.2, 0) is 16.1 Å². The van der Waals surface area contributed by atoms with Crippen LogP contribution in [0.4, 0.5) is 0 Å². The largest absolute Gasteiger partial charge is 0.452 e. The van der Waals surface area contributed by atoms with Crippen molar-refractivity contribution in [3.05, 3.63) is 77.1 Å². The lowest BCUT2D eigenvalue weighted by molar-refractivity contribution is -0.133. The van der Waals surface area contributed by atoms with Crippen LogP contribution in [0.2, 0.25) is 0 Å². The van der Waals surface area contributed by atoms with Gasteiger partial charge in [-0.2, -0.15) is 0 Å². The zero-order valence-corrected chi connectivity index (χ0v) is 16.2. The van der Waals surface area contributed by atoms with Crippen molar-refractivity contribution in [1.29, 1.82) is 0 Å². The van der Waals surface area contributed by atoms with Crippen molar-refractivity contribution in [2.24, 2.45) is 0 Å². The van der Waals surface area contributed by atoms with Crippen LogP contribution in [0, 0.1) is 13.8 Å². The monoisotopic (exact) mass is 377 g/mol. The van der Waals surface area contributed by atoms with E-state index in [-0.39, 0.29) is 12.5 Å².